The van der Waals surface area contributed by atoms with Crippen LogP contribution in [-0.4, -0.2) is 54.8 Å². The molecule has 2 aromatic heterocycles. The summed E-state index contributed by atoms with van der Waals surface area (Å²) >= 11 is 6.15. The topological polar surface area (TPSA) is 66.4 Å². The molecule has 0 atom stereocenters. The van der Waals surface area contributed by atoms with Crippen LogP contribution in [0.5, 0.6) is 5.88 Å². The van der Waals surface area contributed by atoms with Crippen molar-refractivity contribution in [3.8, 4) is 5.88 Å². The number of nitrogens with zero attached hydrogens (tertiary/aromatic N) is 5. The lowest BCUT2D eigenvalue weighted by molar-refractivity contribution is 0.327. The molecule has 1 N–H and O–H groups in total. The Hall–Kier alpha value is -2.28. The number of anilines is 3. The summed E-state index contributed by atoms with van der Waals surface area (Å²) in [5, 5.41) is 3.53. The third-order valence-corrected chi connectivity index (χ3v) is 4.22. The molecular weight excluding hydrogens is 328 g/mol. The average molecular weight is 349 g/mol. The van der Waals surface area contributed by atoms with Crippen LogP contribution in [0, 0.1) is 0 Å². The van der Waals surface area contributed by atoms with Gasteiger partial charge in [0.2, 0.25) is 5.88 Å². The smallest absolute Gasteiger partial charge is 0.215 e. The predicted octanol–water partition coefficient (Wildman–Crippen LogP) is 2.29. The van der Waals surface area contributed by atoms with Crippen LogP contribution in [0.25, 0.3) is 0 Å². The molecule has 0 spiro atoms. The fourth-order valence-electron chi connectivity index (χ4n) is 2.77. The summed E-state index contributed by atoms with van der Waals surface area (Å²) in [6.45, 7) is 5.96. The van der Waals surface area contributed by atoms with Crippen LogP contribution in [-0.2, 0) is 0 Å². The molecule has 8 heteroatoms. The highest BCUT2D eigenvalue weighted by molar-refractivity contribution is 6.32. The Morgan fingerprint density at radius 3 is 2.62 bits per heavy atom. The molecule has 3 heterocycles. The lowest BCUT2D eigenvalue weighted by Gasteiger charge is -2.36. The zero-order valence-corrected chi connectivity index (χ0v) is 14.6. The van der Waals surface area contributed by atoms with E-state index in [-0.39, 0.29) is 0 Å². The van der Waals surface area contributed by atoms with Crippen LogP contribution in [0.1, 0.15) is 6.92 Å². The summed E-state index contributed by atoms with van der Waals surface area (Å²) in [6.07, 6.45) is 1.50. The SMILES string of the molecule is CCOc1cccc(N2CCN(c3ncnc(Cl)c3NC)CC2)n1. The maximum absolute atomic E-state index is 6.15. The standard InChI is InChI=1S/C16H21ClN6O/c1-3-24-13-6-4-5-12(21-13)22-7-9-23(10-8-22)16-14(18-2)15(17)19-11-20-16/h4-6,11,18H,3,7-10H2,1-2H3. The van der Waals surface area contributed by atoms with Crippen LogP contribution in [0.4, 0.5) is 17.3 Å². The third-order valence-electron chi connectivity index (χ3n) is 3.94. The molecule has 0 aliphatic carbocycles. The monoisotopic (exact) mass is 348 g/mol. The van der Waals surface area contributed by atoms with Crippen molar-refractivity contribution >= 4 is 28.9 Å². The third kappa shape index (κ3) is 3.46. The Bertz CT molecular complexity index is 690. The average Bonchev–Trinajstić information content (AvgIpc) is 2.62. The van der Waals surface area contributed by atoms with E-state index in [0.29, 0.717) is 17.6 Å². The summed E-state index contributed by atoms with van der Waals surface area (Å²) in [7, 11) is 1.83. The molecule has 1 fully saturated rings. The number of ether oxygens (including phenoxy) is 1. The second-order valence-corrected chi connectivity index (χ2v) is 5.71. The van der Waals surface area contributed by atoms with Gasteiger partial charge in [-0.1, -0.05) is 17.7 Å². The first-order chi connectivity index (χ1) is 11.7. The van der Waals surface area contributed by atoms with Gasteiger partial charge in [0.25, 0.3) is 0 Å². The summed E-state index contributed by atoms with van der Waals surface area (Å²) in [6, 6.07) is 5.87. The number of nitrogens with one attached hydrogen (secondary N) is 1. The van der Waals surface area contributed by atoms with Crippen LogP contribution in [0.3, 0.4) is 0 Å². The summed E-state index contributed by atoms with van der Waals surface area (Å²) < 4.78 is 5.48. The zero-order valence-electron chi connectivity index (χ0n) is 13.9. The van der Waals surface area contributed by atoms with Crippen molar-refractivity contribution in [2.45, 2.75) is 6.92 Å². The Kier molecular flexibility index (Phi) is 5.20. The molecule has 0 saturated carbocycles. The molecule has 3 rings (SSSR count). The second-order valence-electron chi connectivity index (χ2n) is 5.35. The highest BCUT2D eigenvalue weighted by Gasteiger charge is 2.22. The molecule has 1 aliphatic rings. The molecule has 24 heavy (non-hydrogen) atoms. The maximum Gasteiger partial charge on any atom is 0.215 e. The van der Waals surface area contributed by atoms with Crippen molar-refractivity contribution in [2.24, 2.45) is 0 Å². The lowest BCUT2D eigenvalue weighted by Crippen LogP contribution is -2.47. The van der Waals surface area contributed by atoms with E-state index in [0.717, 1.165) is 43.5 Å². The van der Waals surface area contributed by atoms with Crippen LogP contribution in [0.15, 0.2) is 24.5 Å². The highest BCUT2D eigenvalue weighted by atomic mass is 35.5. The number of halogens is 1. The number of hydrogen-bond donors (Lipinski definition) is 1. The van der Waals surface area contributed by atoms with E-state index >= 15 is 0 Å². The van der Waals surface area contributed by atoms with E-state index in [4.69, 9.17) is 16.3 Å². The Morgan fingerprint density at radius 1 is 1.17 bits per heavy atom. The van der Waals surface area contributed by atoms with E-state index in [1.807, 2.05) is 32.2 Å². The Labute approximate surface area is 146 Å². The number of pyridine rings is 1. The summed E-state index contributed by atoms with van der Waals surface area (Å²) in [5.74, 6) is 2.45. The molecule has 0 radical (unpaired) electrons. The van der Waals surface area contributed by atoms with Gasteiger partial charge in [0, 0.05) is 39.3 Å². The minimum atomic E-state index is 0.441. The first-order valence-corrected chi connectivity index (χ1v) is 8.38. The fraction of sp³-hybridized carbons (Fsp3) is 0.438. The molecule has 0 unspecified atom stereocenters. The maximum atomic E-state index is 6.15. The van der Waals surface area contributed by atoms with Crippen LogP contribution >= 0.6 is 11.6 Å². The van der Waals surface area contributed by atoms with Gasteiger partial charge in [0.15, 0.2) is 11.0 Å². The van der Waals surface area contributed by atoms with Gasteiger partial charge in [-0.3, -0.25) is 0 Å². The van der Waals surface area contributed by atoms with Crippen molar-refractivity contribution < 1.29 is 4.74 Å². The zero-order chi connectivity index (χ0) is 16.9. The highest BCUT2D eigenvalue weighted by Crippen LogP contribution is 2.29. The van der Waals surface area contributed by atoms with Crippen molar-refractivity contribution in [2.75, 3.05) is 55.0 Å². The first-order valence-electron chi connectivity index (χ1n) is 8.01. The molecule has 7 nitrogen and oxygen atoms in total. The van der Waals surface area contributed by atoms with E-state index in [1.54, 1.807) is 0 Å². The quantitative estimate of drug-likeness (QED) is 0.831. The van der Waals surface area contributed by atoms with Gasteiger partial charge in [0.1, 0.15) is 17.8 Å². The Balaban J connectivity index is 1.70. The molecule has 128 valence electrons. The summed E-state index contributed by atoms with van der Waals surface area (Å²) in [5.41, 5.74) is 0.768. The van der Waals surface area contributed by atoms with E-state index < -0.39 is 0 Å². The van der Waals surface area contributed by atoms with Gasteiger partial charge >= 0.3 is 0 Å². The van der Waals surface area contributed by atoms with Gasteiger partial charge < -0.3 is 19.9 Å². The molecule has 1 aliphatic heterocycles. The van der Waals surface area contributed by atoms with E-state index in [9.17, 15) is 0 Å². The largest absolute Gasteiger partial charge is 0.478 e. The molecule has 0 bridgehead atoms. The van der Waals surface area contributed by atoms with Gasteiger partial charge in [0.05, 0.1) is 6.61 Å². The molecule has 0 aromatic carbocycles. The second kappa shape index (κ2) is 7.53. The molecular formula is C16H21ClN6O. The first kappa shape index (κ1) is 16.6. The summed E-state index contributed by atoms with van der Waals surface area (Å²) in [4.78, 5) is 17.4. The van der Waals surface area contributed by atoms with E-state index in [2.05, 4.69) is 30.1 Å². The van der Waals surface area contributed by atoms with Crippen molar-refractivity contribution in [1.82, 2.24) is 15.0 Å². The van der Waals surface area contributed by atoms with Crippen LogP contribution < -0.4 is 19.9 Å². The minimum absolute atomic E-state index is 0.441. The number of hydrogen-bond acceptors (Lipinski definition) is 7. The van der Waals surface area contributed by atoms with Gasteiger partial charge in [-0.05, 0) is 13.0 Å². The molecule has 2 aromatic rings. The molecule has 1 saturated heterocycles. The van der Waals surface area contributed by atoms with E-state index in [1.165, 1.54) is 6.33 Å². The Morgan fingerprint density at radius 2 is 1.92 bits per heavy atom. The van der Waals surface area contributed by atoms with Gasteiger partial charge in [-0.2, -0.15) is 4.98 Å². The molecule has 0 amide bonds. The van der Waals surface area contributed by atoms with Gasteiger partial charge in [-0.25, -0.2) is 9.97 Å². The van der Waals surface area contributed by atoms with Crippen molar-refractivity contribution in [1.29, 1.82) is 0 Å². The number of piperazine rings is 1. The lowest BCUT2D eigenvalue weighted by atomic mass is 10.3. The van der Waals surface area contributed by atoms with Crippen molar-refractivity contribution in [3.63, 3.8) is 0 Å². The van der Waals surface area contributed by atoms with Crippen molar-refractivity contribution in [3.05, 3.63) is 29.7 Å². The van der Waals surface area contributed by atoms with Gasteiger partial charge in [-0.15, -0.1) is 0 Å². The minimum Gasteiger partial charge on any atom is -0.478 e. The fourth-order valence-corrected chi connectivity index (χ4v) is 2.99. The normalized spacial score (nSPS) is 14.6. The predicted molar refractivity (Wildman–Crippen MR) is 96.4 cm³/mol. The number of rotatable bonds is 5. The number of aromatic nitrogens is 3. The van der Waals surface area contributed by atoms with Crippen LogP contribution in [0.2, 0.25) is 5.15 Å².